The number of carbonyl (C=O) groups excluding carboxylic acids is 3. The standard InChI is InChI=1S/C20H28N4O4.C9H12F2.C3H8.C2H6/c1-5-12-22(7-3)24(20(21)28)19(6-2)23(14-25)18(15(4)26)13-16-8-10-17(27)11-9-16;1-3-5-8(4-2)9(11)6-7-10;1-3-2;1-2/h1,8-11,14,18-19,27H,6-7,12-13H2,2-4H3,(H2,21,28);3,5-6H,1,4,7H2,2H3;3H2,1-2H3;1-2H3/b;8-5-,9-6+;;/t18-,19?;;;/m0.../s1. The molecule has 0 saturated heterocycles. The second kappa shape index (κ2) is 27.8. The minimum Gasteiger partial charge on any atom is -0.508 e. The number of hydrogen-bond donors (Lipinski definition) is 2. The number of aromatic hydroxyl groups is 1. The molecule has 0 spiro atoms. The third-order valence-electron chi connectivity index (χ3n) is 5.74. The lowest BCUT2D eigenvalue weighted by atomic mass is 10.0. The van der Waals surface area contributed by atoms with Gasteiger partial charge in [-0.05, 0) is 49.1 Å². The van der Waals surface area contributed by atoms with Crippen LogP contribution in [0.1, 0.15) is 80.2 Å². The van der Waals surface area contributed by atoms with Crippen LogP contribution in [-0.4, -0.2) is 70.2 Å². The van der Waals surface area contributed by atoms with Crippen molar-refractivity contribution in [1.29, 1.82) is 0 Å². The number of allylic oxidation sites excluding steroid dienone is 5. The van der Waals surface area contributed by atoms with Gasteiger partial charge in [0.15, 0.2) is 5.78 Å². The number of terminal acetylenes is 1. The van der Waals surface area contributed by atoms with Crippen LogP contribution in [0.25, 0.3) is 0 Å². The highest BCUT2D eigenvalue weighted by Crippen LogP contribution is 2.20. The molecule has 248 valence electrons. The van der Waals surface area contributed by atoms with Crippen molar-refractivity contribution in [3.63, 3.8) is 0 Å². The van der Waals surface area contributed by atoms with E-state index in [0.29, 0.717) is 31.4 Å². The first-order valence-electron chi connectivity index (χ1n) is 15.0. The fourth-order valence-electron chi connectivity index (χ4n) is 3.80. The Labute approximate surface area is 264 Å². The van der Waals surface area contributed by atoms with Crippen molar-refractivity contribution >= 4 is 18.2 Å². The summed E-state index contributed by atoms with van der Waals surface area (Å²) in [5.41, 5.74) is 6.83. The number of nitrogens with zero attached hydrogens (tertiary/aromatic N) is 3. The number of phenolic OH excluding ortho intramolecular Hbond substituents is 1. The second-order valence-corrected chi connectivity index (χ2v) is 9.00. The SMILES string of the molecule is C#CCN(CC)N(C(N)=O)C(CC)N(C=O)[C@@H](Cc1ccc(O)cc1)C(C)=O.C=C/C=C(CC)\C(F)=C/CF.CC.CCC. The Kier molecular flexibility index (Phi) is 28.1. The molecule has 2 atom stereocenters. The van der Waals surface area contributed by atoms with E-state index in [1.165, 1.54) is 41.5 Å². The van der Waals surface area contributed by atoms with E-state index >= 15 is 0 Å². The number of primary amides is 1. The van der Waals surface area contributed by atoms with E-state index in [-0.39, 0.29) is 24.5 Å². The third kappa shape index (κ3) is 17.2. The molecule has 0 fully saturated rings. The van der Waals surface area contributed by atoms with Crippen LogP contribution in [0.4, 0.5) is 13.6 Å². The molecule has 0 radical (unpaired) electrons. The topological polar surface area (TPSA) is 107 Å². The minimum atomic E-state index is -0.807. The Morgan fingerprint density at radius 2 is 1.68 bits per heavy atom. The van der Waals surface area contributed by atoms with Crippen molar-refractivity contribution < 1.29 is 28.3 Å². The molecule has 1 aromatic carbocycles. The molecular weight excluding hydrogens is 566 g/mol. The summed E-state index contributed by atoms with van der Waals surface area (Å²) in [5.74, 6) is 1.85. The number of benzene rings is 1. The summed E-state index contributed by atoms with van der Waals surface area (Å²) < 4.78 is 24.4. The number of nitrogens with two attached hydrogens (primary N) is 1. The number of alkyl halides is 1. The predicted molar refractivity (Wildman–Crippen MR) is 177 cm³/mol. The second-order valence-electron chi connectivity index (χ2n) is 9.00. The van der Waals surface area contributed by atoms with Gasteiger partial charge in [-0.2, -0.15) is 0 Å². The van der Waals surface area contributed by atoms with Gasteiger partial charge in [-0.1, -0.05) is 91.7 Å². The quantitative estimate of drug-likeness (QED) is 0.0714. The third-order valence-corrected chi connectivity index (χ3v) is 5.74. The van der Waals surface area contributed by atoms with Crippen LogP contribution in [0.3, 0.4) is 0 Å². The van der Waals surface area contributed by atoms with Gasteiger partial charge in [0.1, 0.15) is 24.4 Å². The smallest absolute Gasteiger partial charge is 0.331 e. The average Bonchev–Trinajstić information content (AvgIpc) is 3.00. The Bertz CT molecular complexity index is 1050. The van der Waals surface area contributed by atoms with Gasteiger partial charge < -0.3 is 15.7 Å². The van der Waals surface area contributed by atoms with Crippen LogP contribution in [0.5, 0.6) is 5.75 Å². The summed E-state index contributed by atoms with van der Waals surface area (Å²) in [4.78, 5) is 37.8. The zero-order chi connectivity index (χ0) is 34.7. The van der Waals surface area contributed by atoms with Gasteiger partial charge in [-0.15, -0.1) is 6.42 Å². The summed E-state index contributed by atoms with van der Waals surface area (Å²) in [6.45, 7) is 18.2. The molecule has 0 aliphatic heterocycles. The maximum atomic E-state index is 12.8. The Hall–Kier alpha value is -3.97. The zero-order valence-electron chi connectivity index (χ0n) is 27.9. The van der Waals surface area contributed by atoms with Crippen molar-refractivity contribution in [3.8, 4) is 18.1 Å². The number of rotatable bonds is 15. The molecule has 1 unspecified atom stereocenters. The largest absolute Gasteiger partial charge is 0.508 e. The number of urea groups is 1. The summed E-state index contributed by atoms with van der Waals surface area (Å²) in [7, 11) is 0. The average molecular weight is 621 g/mol. The fraction of sp³-hybridized carbons (Fsp3) is 0.500. The molecule has 10 heteroatoms. The number of hydrazine groups is 1. The van der Waals surface area contributed by atoms with E-state index in [1.807, 2.05) is 20.8 Å². The lowest BCUT2D eigenvalue weighted by Gasteiger charge is -2.43. The van der Waals surface area contributed by atoms with Gasteiger partial charge in [-0.25, -0.2) is 23.6 Å². The summed E-state index contributed by atoms with van der Waals surface area (Å²) in [5, 5.41) is 12.2. The van der Waals surface area contributed by atoms with Crippen molar-refractivity contribution in [3.05, 3.63) is 66.0 Å². The van der Waals surface area contributed by atoms with Crippen LogP contribution in [0.2, 0.25) is 0 Å². The summed E-state index contributed by atoms with van der Waals surface area (Å²) in [6, 6.07) is 4.81. The van der Waals surface area contributed by atoms with Crippen LogP contribution in [-0.2, 0) is 16.0 Å². The number of ketones is 1. The molecule has 3 N–H and O–H groups in total. The molecule has 0 aliphatic carbocycles. The van der Waals surface area contributed by atoms with E-state index < -0.39 is 30.7 Å². The van der Waals surface area contributed by atoms with E-state index in [9.17, 15) is 28.3 Å². The molecule has 1 aromatic rings. The van der Waals surface area contributed by atoms with Crippen molar-refractivity contribution in [2.45, 2.75) is 93.3 Å². The van der Waals surface area contributed by atoms with Crippen LogP contribution < -0.4 is 5.73 Å². The van der Waals surface area contributed by atoms with E-state index in [1.54, 1.807) is 37.1 Å². The van der Waals surface area contributed by atoms with E-state index in [4.69, 9.17) is 12.2 Å². The van der Waals surface area contributed by atoms with Crippen molar-refractivity contribution in [2.24, 2.45) is 5.73 Å². The van der Waals surface area contributed by atoms with Gasteiger partial charge in [0.05, 0.1) is 12.6 Å². The first-order valence-corrected chi connectivity index (χ1v) is 15.0. The highest BCUT2D eigenvalue weighted by Gasteiger charge is 2.35. The van der Waals surface area contributed by atoms with Gasteiger partial charge in [-0.3, -0.25) is 9.59 Å². The molecule has 0 heterocycles. The molecule has 44 heavy (non-hydrogen) atoms. The highest BCUT2D eigenvalue weighted by atomic mass is 19.1. The van der Waals surface area contributed by atoms with Crippen molar-refractivity contribution in [2.75, 3.05) is 19.8 Å². The number of carbonyl (C=O) groups is 3. The molecule has 0 aromatic heterocycles. The van der Waals surface area contributed by atoms with Gasteiger partial charge in [0.2, 0.25) is 6.41 Å². The number of phenols is 1. The molecular formula is C34H54F2N4O4. The predicted octanol–water partition coefficient (Wildman–Crippen LogP) is 7.11. The first kappa shape index (κ1) is 44.5. The lowest BCUT2D eigenvalue weighted by molar-refractivity contribution is -0.143. The van der Waals surface area contributed by atoms with Gasteiger partial charge in [0, 0.05) is 13.0 Å². The monoisotopic (exact) mass is 620 g/mol. The molecule has 0 saturated carbocycles. The van der Waals surface area contributed by atoms with E-state index in [2.05, 4.69) is 26.3 Å². The van der Waals surface area contributed by atoms with Crippen LogP contribution >= 0.6 is 0 Å². The number of hydrogen-bond acceptors (Lipinski definition) is 5. The minimum absolute atomic E-state index is 0.106. The Balaban J connectivity index is -0.000000872. The maximum absolute atomic E-state index is 12.8. The van der Waals surface area contributed by atoms with Crippen LogP contribution in [0, 0.1) is 12.3 Å². The molecule has 8 nitrogen and oxygen atoms in total. The fourth-order valence-corrected chi connectivity index (χ4v) is 3.80. The highest BCUT2D eigenvalue weighted by molar-refractivity contribution is 5.84. The van der Waals surface area contributed by atoms with Crippen molar-refractivity contribution in [1.82, 2.24) is 14.9 Å². The van der Waals surface area contributed by atoms with Gasteiger partial charge in [0.25, 0.3) is 0 Å². The first-order chi connectivity index (χ1) is 21.0. The van der Waals surface area contributed by atoms with Crippen LogP contribution in [0.15, 0.2) is 60.5 Å². The molecule has 3 amide bonds. The zero-order valence-corrected chi connectivity index (χ0v) is 27.9. The van der Waals surface area contributed by atoms with Gasteiger partial charge >= 0.3 is 6.03 Å². The number of amides is 3. The molecule has 0 bridgehead atoms. The Morgan fingerprint density at radius 3 is 2.02 bits per heavy atom. The summed E-state index contributed by atoms with van der Waals surface area (Å²) >= 11 is 0. The normalized spacial score (nSPS) is 12.0. The van der Waals surface area contributed by atoms with E-state index in [0.717, 1.165) is 11.6 Å². The number of Topliss-reactive ketones (excluding diaryl/α,β-unsaturated/α-hetero) is 1. The Morgan fingerprint density at radius 1 is 1.14 bits per heavy atom. The molecule has 0 aliphatic rings. The molecule has 1 rings (SSSR count). The summed E-state index contributed by atoms with van der Waals surface area (Å²) in [6.07, 6.45) is 11.5. The number of halogens is 2. The lowest BCUT2D eigenvalue weighted by Crippen LogP contribution is -2.62. The maximum Gasteiger partial charge on any atom is 0.331 e.